The molecule has 0 aromatic heterocycles. The van der Waals surface area contributed by atoms with Gasteiger partial charge in [0.25, 0.3) is 0 Å². The zero-order chi connectivity index (χ0) is 13.6. The van der Waals surface area contributed by atoms with Crippen molar-refractivity contribution in [1.29, 1.82) is 0 Å². The molecular formula is C14H23NO2S. The lowest BCUT2D eigenvalue weighted by Crippen LogP contribution is -2.14. The number of rotatable bonds is 7. The molecule has 102 valence electrons. The standard InChI is InChI=1S/C14H23NO2S/c1-4-6-12(3)15-13-7-9-14(10-8-13)18(16,17)11-5-2/h7-10,12,15H,4-6,11H2,1-3H3. The van der Waals surface area contributed by atoms with E-state index in [2.05, 4.69) is 19.2 Å². The highest BCUT2D eigenvalue weighted by Gasteiger charge is 2.12. The first kappa shape index (κ1) is 15.0. The molecule has 0 aliphatic carbocycles. The molecule has 0 amide bonds. The molecule has 1 rings (SSSR count). The molecule has 3 nitrogen and oxygen atoms in total. The van der Waals surface area contributed by atoms with E-state index < -0.39 is 9.84 Å². The molecule has 1 aromatic carbocycles. The summed E-state index contributed by atoms with van der Waals surface area (Å²) >= 11 is 0. The van der Waals surface area contributed by atoms with E-state index in [1.165, 1.54) is 0 Å². The van der Waals surface area contributed by atoms with Gasteiger partial charge >= 0.3 is 0 Å². The summed E-state index contributed by atoms with van der Waals surface area (Å²) in [6.45, 7) is 6.16. The predicted molar refractivity (Wildman–Crippen MR) is 76.8 cm³/mol. The maximum Gasteiger partial charge on any atom is 0.178 e. The second-order valence-corrected chi connectivity index (χ2v) is 6.79. The predicted octanol–water partition coefficient (Wildman–Crippen LogP) is 3.47. The van der Waals surface area contributed by atoms with E-state index >= 15 is 0 Å². The summed E-state index contributed by atoms with van der Waals surface area (Å²) < 4.78 is 23.7. The van der Waals surface area contributed by atoms with Crippen LogP contribution in [0.1, 0.15) is 40.0 Å². The monoisotopic (exact) mass is 269 g/mol. The Bertz CT molecular complexity index is 451. The summed E-state index contributed by atoms with van der Waals surface area (Å²) in [5.74, 6) is 0.214. The van der Waals surface area contributed by atoms with Crippen molar-refractivity contribution >= 4 is 15.5 Å². The normalized spacial score (nSPS) is 13.3. The van der Waals surface area contributed by atoms with Gasteiger partial charge in [-0.1, -0.05) is 20.3 Å². The lowest BCUT2D eigenvalue weighted by Gasteiger charge is -2.14. The first-order valence-corrected chi connectivity index (χ1v) is 8.24. The van der Waals surface area contributed by atoms with Crippen molar-refractivity contribution in [1.82, 2.24) is 0 Å². The van der Waals surface area contributed by atoms with Crippen LogP contribution < -0.4 is 5.32 Å². The van der Waals surface area contributed by atoms with E-state index in [1.807, 2.05) is 19.1 Å². The summed E-state index contributed by atoms with van der Waals surface area (Å²) in [5.41, 5.74) is 0.978. The molecule has 1 aromatic rings. The third-order valence-corrected chi connectivity index (χ3v) is 4.76. The number of hydrogen-bond acceptors (Lipinski definition) is 3. The molecule has 1 N–H and O–H groups in total. The van der Waals surface area contributed by atoms with E-state index in [0.29, 0.717) is 17.4 Å². The molecular weight excluding hydrogens is 246 g/mol. The highest BCUT2D eigenvalue weighted by Crippen LogP contribution is 2.17. The maximum absolute atomic E-state index is 11.8. The van der Waals surface area contributed by atoms with Gasteiger partial charge in [0.15, 0.2) is 9.84 Å². The number of anilines is 1. The minimum atomic E-state index is -3.09. The Morgan fingerprint density at radius 3 is 2.22 bits per heavy atom. The Hall–Kier alpha value is -1.03. The SMILES string of the molecule is CCCC(C)Nc1ccc(S(=O)(=O)CCC)cc1. The fourth-order valence-electron chi connectivity index (χ4n) is 1.93. The molecule has 1 unspecified atom stereocenters. The summed E-state index contributed by atoms with van der Waals surface area (Å²) in [6, 6.07) is 7.47. The van der Waals surface area contributed by atoms with Crippen LogP contribution in [-0.4, -0.2) is 20.2 Å². The largest absolute Gasteiger partial charge is 0.383 e. The molecule has 1 atom stereocenters. The number of hydrogen-bond donors (Lipinski definition) is 1. The van der Waals surface area contributed by atoms with E-state index in [9.17, 15) is 8.42 Å². The van der Waals surface area contributed by atoms with Crippen LogP contribution in [0.5, 0.6) is 0 Å². The summed E-state index contributed by atoms with van der Waals surface area (Å²) in [5, 5.41) is 3.36. The summed E-state index contributed by atoms with van der Waals surface area (Å²) in [4.78, 5) is 0.415. The van der Waals surface area contributed by atoms with Crippen LogP contribution in [0.4, 0.5) is 5.69 Å². The fraction of sp³-hybridized carbons (Fsp3) is 0.571. The van der Waals surface area contributed by atoms with Gasteiger partial charge in [-0.2, -0.15) is 0 Å². The van der Waals surface area contributed by atoms with Crippen LogP contribution in [0.3, 0.4) is 0 Å². The van der Waals surface area contributed by atoms with Gasteiger partial charge in [-0.05, 0) is 44.0 Å². The van der Waals surface area contributed by atoms with Gasteiger partial charge in [0.05, 0.1) is 10.6 Å². The molecule has 0 heterocycles. The van der Waals surface area contributed by atoms with Crippen LogP contribution in [-0.2, 0) is 9.84 Å². The summed E-state index contributed by atoms with van der Waals surface area (Å²) in [7, 11) is -3.09. The zero-order valence-corrected chi connectivity index (χ0v) is 12.3. The number of sulfone groups is 1. The van der Waals surface area contributed by atoms with E-state index in [4.69, 9.17) is 0 Å². The van der Waals surface area contributed by atoms with E-state index in [1.54, 1.807) is 12.1 Å². The zero-order valence-electron chi connectivity index (χ0n) is 11.4. The smallest absolute Gasteiger partial charge is 0.178 e. The minimum absolute atomic E-state index is 0.214. The third kappa shape index (κ3) is 4.33. The highest BCUT2D eigenvalue weighted by molar-refractivity contribution is 7.91. The van der Waals surface area contributed by atoms with Gasteiger partial charge in [-0.15, -0.1) is 0 Å². The molecule has 0 radical (unpaired) electrons. The van der Waals surface area contributed by atoms with Crippen molar-refractivity contribution in [2.75, 3.05) is 11.1 Å². The Morgan fingerprint density at radius 1 is 1.11 bits per heavy atom. The highest BCUT2D eigenvalue weighted by atomic mass is 32.2. The van der Waals surface area contributed by atoms with Crippen molar-refractivity contribution in [3.8, 4) is 0 Å². The van der Waals surface area contributed by atoms with Gasteiger partial charge in [-0.25, -0.2) is 8.42 Å². The quantitative estimate of drug-likeness (QED) is 0.824. The van der Waals surface area contributed by atoms with Crippen molar-refractivity contribution in [2.24, 2.45) is 0 Å². The number of nitrogens with one attached hydrogen (secondary N) is 1. The maximum atomic E-state index is 11.8. The van der Waals surface area contributed by atoms with Crippen molar-refractivity contribution in [3.05, 3.63) is 24.3 Å². The van der Waals surface area contributed by atoms with Gasteiger partial charge in [0.2, 0.25) is 0 Å². The van der Waals surface area contributed by atoms with Gasteiger partial charge in [0.1, 0.15) is 0 Å². The van der Waals surface area contributed by atoms with Crippen LogP contribution in [0.2, 0.25) is 0 Å². The molecule has 0 saturated heterocycles. The second kappa shape index (κ2) is 6.78. The van der Waals surface area contributed by atoms with Crippen LogP contribution in [0, 0.1) is 0 Å². The third-order valence-electron chi connectivity index (χ3n) is 2.82. The average Bonchev–Trinajstić information content (AvgIpc) is 2.30. The lowest BCUT2D eigenvalue weighted by molar-refractivity contribution is 0.594. The Kier molecular flexibility index (Phi) is 5.66. The summed E-state index contributed by atoms with van der Waals surface area (Å²) in [6.07, 6.45) is 2.89. The average molecular weight is 269 g/mol. The Morgan fingerprint density at radius 2 is 1.72 bits per heavy atom. The molecule has 0 saturated carbocycles. The van der Waals surface area contributed by atoms with Crippen LogP contribution in [0.25, 0.3) is 0 Å². The first-order chi connectivity index (χ1) is 8.49. The van der Waals surface area contributed by atoms with Crippen molar-refractivity contribution < 1.29 is 8.42 Å². The van der Waals surface area contributed by atoms with Crippen LogP contribution >= 0.6 is 0 Å². The van der Waals surface area contributed by atoms with Gasteiger partial charge in [-0.3, -0.25) is 0 Å². The number of benzene rings is 1. The molecule has 0 aliphatic heterocycles. The fourth-order valence-corrected chi connectivity index (χ4v) is 3.26. The van der Waals surface area contributed by atoms with Gasteiger partial charge in [0, 0.05) is 11.7 Å². The molecule has 4 heteroatoms. The van der Waals surface area contributed by atoms with E-state index in [0.717, 1.165) is 18.5 Å². The van der Waals surface area contributed by atoms with Gasteiger partial charge < -0.3 is 5.32 Å². The lowest BCUT2D eigenvalue weighted by atomic mass is 10.2. The first-order valence-electron chi connectivity index (χ1n) is 6.59. The van der Waals surface area contributed by atoms with Crippen molar-refractivity contribution in [2.45, 2.75) is 51.0 Å². The van der Waals surface area contributed by atoms with Crippen molar-refractivity contribution in [3.63, 3.8) is 0 Å². The topological polar surface area (TPSA) is 46.2 Å². The second-order valence-electron chi connectivity index (χ2n) is 4.68. The van der Waals surface area contributed by atoms with E-state index in [-0.39, 0.29) is 5.75 Å². The molecule has 18 heavy (non-hydrogen) atoms. The van der Waals surface area contributed by atoms with Crippen LogP contribution in [0.15, 0.2) is 29.2 Å². The Balaban J connectivity index is 2.74. The molecule has 0 spiro atoms. The molecule has 0 fully saturated rings. The Labute approximate surface area is 111 Å². The molecule has 0 aliphatic rings. The minimum Gasteiger partial charge on any atom is -0.383 e. The molecule has 0 bridgehead atoms.